The lowest BCUT2D eigenvalue weighted by Gasteiger charge is -2.40. The fourth-order valence-corrected chi connectivity index (χ4v) is 4.92. The van der Waals surface area contributed by atoms with Gasteiger partial charge >= 0.3 is 0 Å². The Bertz CT molecular complexity index is 1180. The van der Waals surface area contributed by atoms with Gasteiger partial charge in [-0.05, 0) is 69.2 Å². The Kier molecular flexibility index (Phi) is 8.05. The second kappa shape index (κ2) is 11.4. The van der Waals surface area contributed by atoms with Gasteiger partial charge in [-0.3, -0.25) is 14.5 Å². The van der Waals surface area contributed by atoms with Crippen LogP contribution in [0.25, 0.3) is 0 Å². The molecule has 8 heteroatoms. The van der Waals surface area contributed by atoms with E-state index in [2.05, 4.69) is 19.4 Å². The molecule has 1 aliphatic heterocycles. The lowest BCUT2D eigenvalue weighted by Crippen LogP contribution is -2.43. The summed E-state index contributed by atoms with van der Waals surface area (Å²) in [4.78, 5) is 35.7. The first kappa shape index (κ1) is 25.4. The van der Waals surface area contributed by atoms with Crippen molar-refractivity contribution in [2.45, 2.75) is 39.3 Å². The molecule has 3 aromatic rings. The molecule has 8 nitrogen and oxygen atoms in total. The quantitative estimate of drug-likeness (QED) is 0.495. The number of carbonyl (C=O) groups excluding carboxylic acids is 2. The highest BCUT2D eigenvalue weighted by molar-refractivity contribution is 5.95. The normalized spacial score (nSPS) is 14.5. The van der Waals surface area contributed by atoms with Crippen molar-refractivity contribution in [1.29, 1.82) is 0 Å². The van der Waals surface area contributed by atoms with Crippen LogP contribution in [-0.2, 0) is 13.6 Å². The van der Waals surface area contributed by atoms with Crippen LogP contribution in [0, 0.1) is 0 Å². The number of likely N-dealkylation sites (tertiary alicyclic amines) is 1. The van der Waals surface area contributed by atoms with Crippen molar-refractivity contribution in [3.63, 3.8) is 0 Å². The van der Waals surface area contributed by atoms with E-state index in [9.17, 15) is 9.59 Å². The first-order chi connectivity index (χ1) is 17.4. The minimum atomic E-state index is -0.443. The van der Waals surface area contributed by atoms with E-state index in [1.165, 1.54) is 0 Å². The Morgan fingerprint density at radius 3 is 2.28 bits per heavy atom. The summed E-state index contributed by atoms with van der Waals surface area (Å²) < 4.78 is 2.06. The second-order valence-corrected chi connectivity index (χ2v) is 9.27. The Morgan fingerprint density at radius 2 is 1.69 bits per heavy atom. The van der Waals surface area contributed by atoms with Crippen LogP contribution in [0.2, 0.25) is 0 Å². The maximum absolute atomic E-state index is 12.8. The minimum Gasteiger partial charge on any atom is -0.366 e. The Morgan fingerprint density at radius 1 is 1.00 bits per heavy atom. The van der Waals surface area contributed by atoms with E-state index in [0.29, 0.717) is 24.2 Å². The van der Waals surface area contributed by atoms with Crippen LogP contribution in [0.15, 0.2) is 60.9 Å². The highest BCUT2D eigenvalue weighted by atomic mass is 16.2. The van der Waals surface area contributed by atoms with Crippen molar-refractivity contribution in [2.24, 2.45) is 12.8 Å². The van der Waals surface area contributed by atoms with Crippen molar-refractivity contribution >= 4 is 23.2 Å². The SMILES string of the molecule is CCN(CC)C(=O)c1ccc(N(c2cccc(C(N)=O)c2)C2CCN(Cc3nccn3C)CC2)cc1. The Balaban J connectivity index is 1.58. The van der Waals surface area contributed by atoms with E-state index in [4.69, 9.17) is 5.73 Å². The summed E-state index contributed by atoms with van der Waals surface area (Å²) in [6.07, 6.45) is 5.74. The number of piperidine rings is 1. The van der Waals surface area contributed by atoms with Gasteiger partial charge in [-0.15, -0.1) is 0 Å². The van der Waals surface area contributed by atoms with Crippen LogP contribution in [0.1, 0.15) is 53.2 Å². The molecule has 0 saturated carbocycles. The van der Waals surface area contributed by atoms with Crippen molar-refractivity contribution in [2.75, 3.05) is 31.1 Å². The number of benzene rings is 2. The van der Waals surface area contributed by atoms with Gasteiger partial charge < -0.3 is 20.1 Å². The minimum absolute atomic E-state index is 0.0384. The lowest BCUT2D eigenvalue weighted by atomic mass is 10.00. The number of rotatable bonds is 9. The van der Waals surface area contributed by atoms with Gasteiger partial charge in [0.05, 0.1) is 6.54 Å². The number of imidazole rings is 1. The fraction of sp³-hybridized carbons (Fsp3) is 0.393. The molecule has 2 N–H and O–H groups in total. The molecule has 0 bridgehead atoms. The zero-order valence-electron chi connectivity index (χ0n) is 21.4. The summed E-state index contributed by atoms with van der Waals surface area (Å²) in [5, 5.41) is 0. The van der Waals surface area contributed by atoms with Gasteiger partial charge in [-0.25, -0.2) is 4.98 Å². The standard InChI is InChI=1S/C28H36N6O2/c1-4-33(5-2)28(36)21-9-11-23(12-10-21)34(25-8-6-7-22(19-25)27(29)35)24-13-16-32(17-14-24)20-26-30-15-18-31(26)3/h6-12,15,18-19,24H,4-5,13-14,16-17,20H2,1-3H3,(H2,29,35). The Hall–Kier alpha value is -3.65. The maximum atomic E-state index is 12.8. The number of aromatic nitrogens is 2. The van der Waals surface area contributed by atoms with Gasteiger partial charge in [0.25, 0.3) is 5.91 Å². The summed E-state index contributed by atoms with van der Waals surface area (Å²) in [5.41, 5.74) is 8.67. The highest BCUT2D eigenvalue weighted by Crippen LogP contribution is 2.33. The van der Waals surface area contributed by atoms with E-state index >= 15 is 0 Å². The molecule has 1 aliphatic rings. The van der Waals surface area contributed by atoms with Gasteiger partial charge in [0.15, 0.2) is 0 Å². The third kappa shape index (κ3) is 5.60. The van der Waals surface area contributed by atoms with Crippen molar-refractivity contribution in [1.82, 2.24) is 19.4 Å². The van der Waals surface area contributed by atoms with Crippen LogP contribution in [0.5, 0.6) is 0 Å². The zero-order chi connectivity index (χ0) is 25.7. The van der Waals surface area contributed by atoms with E-state index < -0.39 is 5.91 Å². The first-order valence-electron chi connectivity index (χ1n) is 12.7. The van der Waals surface area contributed by atoms with Crippen LogP contribution in [-0.4, -0.2) is 63.4 Å². The smallest absolute Gasteiger partial charge is 0.253 e. The molecule has 0 spiro atoms. The molecule has 2 heterocycles. The van der Waals surface area contributed by atoms with Crippen LogP contribution < -0.4 is 10.6 Å². The van der Waals surface area contributed by atoms with Crippen LogP contribution >= 0.6 is 0 Å². The van der Waals surface area contributed by atoms with Gasteiger partial charge in [0.2, 0.25) is 5.91 Å². The van der Waals surface area contributed by atoms with Gasteiger partial charge in [0, 0.05) is 74.2 Å². The summed E-state index contributed by atoms with van der Waals surface area (Å²) in [6.45, 7) is 8.06. The fourth-order valence-electron chi connectivity index (χ4n) is 4.92. The van der Waals surface area contributed by atoms with Crippen LogP contribution in [0.4, 0.5) is 11.4 Å². The topological polar surface area (TPSA) is 87.7 Å². The molecule has 2 aromatic carbocycles. The molecule has 0 unspecified atom stereocenters. The van der Waals surface area contributed by atoms with Crippen molar-refractivity contribution in [3.8, 4) is 0 Å². The van der Waals surface area contributed by atoms with E-state index in [0.717, 1.165) is 49.7 Å². The molecule has 1 aromatic heterocycles. The molecule has 0 aliphatic carbocycles. The summed E-state index contributed by atoms with van der Waals surface area (Å²) in [7, 11) is 2.02. The number of primary amides is 1. The molecule has 4 rings (SSSR count). The van der Waals surface area contributed by atoms with Crippen LogP contribution in [0.3, 0.4) is 0 Å². The summed E-state index contributed by atoms with van der Waals surface area (Å²) in [5.74, 6) is 0.659. The predicted octanol–water partition coefficient (Wildman–Crippen LogP) is 3.80. The van der Waals surface area contributed by atoms with Gasteiger partial charge in [0.1, 0.15) is 5.82 Å². The van der Waals surface area contributed by atoms with Gasteiger partial charge in [-0.2, -0.15) is 0 Å². The largest absolute Gasteiger partial charge is 0.366 e. The molecule has 0 atom stereocenters. The lowest BCUT2D eigenvalue weighted by molar-refractivity contribution is 0.0772. The monoisotopic (exact) mass is 488 g/mol. The van der Waals surface area contributed by atoms with E-state index in [1.54, 1.807) is 6.07 Å². The number of anilines is 2. The molecule has 2 amide bonds. The highest BCUT2D eigenvalue weighted by Gasteiger charge is 2.27. The van der Waals surface area contributed by atoms with E-state index in [1.807, 2.05) is 80.7 Å². The number of carbonyl (C=O) groups is 2. The third-order valence-electron chi connectivity index (χ3n) is 7.06. The average molecular weight is 489 g/mol. The summed E-state index contributed by atoms with van der Waals surface area (Å²) >= 11 is 0. The number of nitrogens with zero attached hydrogens (tertiary/aromatic N) is 5. The number of aryl methyl sites for hydroxylation is 1. The van der Waals surface area contributed by atoms with E-state index in [-0.39, 0.29) is 11.9 Å². The molecule has 0 radical (unpaired) electrons. The number of hydrogen-bond acceptors (Lipinski definition) is 5. The number of amides is 2. The second-order valence-electron chi connectivity index (χ2n) is 9.27. The predicted molar refractivity (Wildman–Crippen MR) is 142 cm³/mol. The molecule has 1 saturated heterocycles. The molecule has 1 fully saturated rings. The molecular formula is C28H36N6O2. The Labute approximate surface area is 213 Å². The molecule has 190 valence electrons. The summed E-state index contributed by atoms with van der Waals surface area (Å²) in [6, 6.07) is 15.5. The van der Waals surface area contributed by atoms with Crippen molar-refractivity contribution in [3.05, 3.63) is 77.9 Å². The maximum Gasteiger partial charge on any atom is 0.253 e. The van der Waals surface area contributed by atoms with Crippen molar-refractivity contribution < 1.29 is 9.59 Å². The number of nitrogens with two attached hydrogens (primary N) is 1. The van der Waals surface area contributed by atoms with Gasteiger partial charge in [-0.1, -0.05) is 6.07 Å². The number of hydrogen-bond donors (Lipinski definition) is 1. The average Bonchev–Trinajstić information content (AvgIpc) is 3.30. The molecule has 36 heavy (non-hydrogen) atoms. The molecular weight excluding hydrogens is 452 g/mol. The first-order valence-corrected chi connectivity index (χ1v) is 12.7. The zero-order valence-corrected chi connectivity index (χ0v) is 21.4. The third-order valence-corrected chi connectivity index (χ3v) is 7.06.